The summed E-state index contributed by atoms with van der Waals surface area (Å²) in [4.78, 5) is 41.7. The second-order valence-electron chi connectivity index (χ2n) is 10.6. The number of ketones is 2. The molecule has 4 atom stereocenters. The summed E-state index contributed by atoms with van der Waals surface area (Å²) in [7, 11) is 3.15. The third-order valence-corrected chi connectivity index (χ3v) is 9.44. The van der Waals surface area contributed by atoms with Crippen molar-refractivity contribution in [1.82, 2.24) is 4.90 Å². The van der Waals surface area contributed by atoms with Crippen LogP contribution in [0.1, 0.15) is 17.5 Å². The highest BCUT2D eigenvalue weighted by atomic mass is 32.1. The number of hydrogen-bond acceptors (Lipinski definition) is 9. The highest BCUT2D eigenvalue weighted by molar-refractivity contribution is 7.22. The monoisotopic (exact) mass is 546 g/mol. The van der Waals surface area contributed by atoms with Gasteiger partial charge in [-0.1, -0.05) is 18.2 Å². The predicted molar refractivity (Wildman–Crippen MR) is 145 cm³/mol. The molecule has 0 aliphatic heterocycles. The number of amides is 1. The van der Waals surface area contributed by atoms with Crippen LogP contribution < -0.4 is 5.73 Å². The molecule has 1 aromatic heterocycles. The maximum Gasteiger partial charge on any atom is 0.255 e. The molecule has 9 nitrogen and oxygen atoms in total. The van der Waals surface area contributed by atoms with Gasteiger partial charge in [-0.15, -0.1) is 11.3 Å². The number of likely N-dealkylation sites (N-methyl/N-ethyl adjacent to an activating group) is 1. The lowest BCUT2D eigenvalue weighted by atomic mass is 9.57. The summed E-state index contributed by atoms with van der Waals surface area (Å²) < 4.78 is 1.07. The number of phenols is 1. The summed E-state index contributed by atoms with van der Waals surface area (Å²) in [5.41, 5.74) is 3.26. The fourth-order valence-electron chi connectivity index (χ4n) is 6.59. The molecule has 39 heavy (non-hydrogen) atoms. The maximum atomic E-state index is 13.9. The van der Waals surface area contributed by atoms with Crippen LogP contribution in [-0.2, 0) is 20.8 Å². The normalized spacial score (nSPS) is 26.6. The lowest BCUT2D eigenvalue weighted by molar-refractivity contribution is -0.153. The van der Waals surface area contributed by atoms with E-state index in [2.05, 4.69) is 0 Å². The number of hydrogen-bond donors (Lipinski definition) is 5. The predicted octanol–water partition coefficient (Wildman–Crippen LogP) is 2.85. The van der Waals surface area contributed by atoms with E-state index in [4.69, 9.17) is 5.73 Å². The molecule has 10 heteroatoms. The molecule has 0 bridgehead atoms. The van der Waals surface area contributed by atoms with Crippen molar-refractivity contribution in [1.29, 1.82) is 0 Å². The smallest absolute Gasteiger partial charge is 0.255 e. The molecule has 1 amide bonds. The zero-order valence-electron chi connectivity index (χ0n) is 21.1. The topological polar surface area (TPSA) is 161 Å². The molecule has 3 aliphatic carbocycles. The number of fused-ring (bicyclic) bond motifs is 4. The largest absolute Gasteiger partial charge is 0.508 e. The van der Waals surface area contributed by atoms with Crippen LogP contribution >= 0.6 is 11.3 Å². The van der Waals surface area contributed by atoms with Crippen molar-refractivity contribution in [3.8, 4) is 16.2 Å². The third kappa shape index (κ3) is 3.35. The SMILES string of the molecule is CN(C)[C@@H]1C(=O)C(C(N)=O)=C(O)[C@]2(O)C(=O)C3=C(O)c4c(O)ccc(-c5cc6ccccc6s5)c4C[C@@H]3C[C@H]12. The number of nitrogens with two attached hydrogens (primary N) is 1. The fraction of sp³-hybridized carbons (Fsp3) is 0.276. The number of carbonyl (C=O) groups is 3. The first-order valence-corrected chi connectivity index (χ1v) is 13.3. The van der Waals surface area contributed by atoms with Crippen LogP contribution in [0.15, 0.2) is 59.4 Å². The molecule has 1 heterocycles. The van der Waals surface area contributed by atoms with Crippen LogP contribution in [0.2, 0.25) is 0 Å². The number of aliphatic hydroxyl groups excluding tert-OH is 2. The van der Waals surface area contributed by atoms with Crippen molar-refractivity contribution in [2.45, 2.75) is 24.5 Å². The number of primary amides is 1. The van der Waals surface area contributed by atoms with Crippen LogP contribution in [0.4, 0.5) is 0 Å². The van der Waals surface area contributed by atoms with Gasteiger partial charge in [-0.2, -0.15) is 0 Å². The zero-order valence-corrected chi connectivity index (χ0v) is 22.0. The molecule has 0 radical (unpaired) electrons. The van der Waals surface area contributed by atoms with Gasteiger partial charge < -0.3 is 26.2 Å². The first-order chi connectivity index (χ1) is 18.5. The van der Waals surface area contributed by atoms with Crippen molar-refractivity contribution in [3.63, 3.8) is 0 Å². The Kier molecular flexibility index (Phi) is 5.52. The lowest BCUT2D eigenvalue weighted by Gasteiger charge is -2.50. The van der Waals surface area contributed by atoms with Gasteiger partial charge >= 0.3 is 0 Å². The molecule has 2 aromatic carbocycles. The number of thiophene rings is 1. The highest BCUT2D eigenvalue weighted by Crippen LogP contribution is 2.54. The number of phenolic OH excluding ortho intramolecular Hbond substituents is 1. The van der Waals surface area contributed by atoms with E-state index in [1.165, 1.54) is 11.0 Å². The Labute approximate surface area is 227 Å². The van der Waals surface area contributed by atoms with Crippen molar-refractivity contribution >= 4 is 44.7 Å². The van der Waals surface area contributed by atoms with E-state index in [-0.39, 0.29) is 29.7 Å². The third-order valence-electron chi connectivity index (χ3n) is 8.30. The lowest BCUT2D eigenvalue weighted by Crippen LogP contribution is -2.65. The number of rotatable bonds is 3. The van der Waals surface area contributed by atoms with Crippen LogP contribution in [0, 0.1) is 11.8 Å². The van der Waals surface area contributed by atoms with Crippen molar-refractivity contribution in [2.75, 3.05) is 14.1 Å². The summed E-state index contributed by atoms with van der Waals surface area (Å²) >= 11 is 1.57. The Bertz CT molecular complexity index is 1650. The van der Waals surface area contributed by atoms with Gasteiger partial charge in [0, 0.05) is 21.1 Å². The van der Waals surface area contributed by atoms with Gasteiger partial charge in [0.1, 0.15) is 22.8 Å². The molecule has 1 saturated carbocycles. The summed E-state index contributed by atoms with van der Waals surface area (Å²) in [5, 5.41) is 45.9. The van der Waals surface area contributed by atoms with Gasteiger partial charge in [0.25, 0.3) is 5.91 Å². The molecular weight excluding hydrogens is 520 g/mol. The molecule has 6 N–H and O–H groups in total. The van der Waals surface area contributed by atoms with Gasteiger partial charge in [0.15, 0.2) is 11.4 Å². The van der Waals surface area contributed by atoms with Gasteiger partial charge in [0.2, 0.25) is 5.78 Å². The fourth-order valence-corrected chi connectivity index (χ4v) is 7.70. The molecule has 0 saturated heterocycles. The van der Waals surface area contributed by atoms with Gasteiger partial charge in [-0.3, -0.25) is 19.3 Å². The van der Waals surface area contributed by atoms with Gasteiger partial charge in [0.05, 0.1) is 11.6 Å². The van der Waals surface area contributed by atoms with Crippen molar-refractivity contribution in [3.05, 3.63) is 70.5 Å². The zero-order chi connectivity index (χ0) is 28.0. The standard InChI is InChI=1S/C29H26N2O7S/c1-31(2)23-16-10-13-9-15-14(19-11-12-5-3-4-6-18(12)39-19)7-8-17(32)21(15)24(33)20(13)26(35)29(16,38)27(36)22(25(23)34)28(30)37/h3-8,11,13,16,23,32-33,36,38H,9-10H2,1-2H3,(H2,30,37)/t13-,16-,23+,29-/m1/s1. The highest BCUT2D eigenvalue weighted by Gasteiger charge is 2.64. The number of Topliss-reactive ketones (excluding diaryl/α,β-unsaturated/α-hetero) is 2. The van der Waals surface area contributed by atoms with E-state index < -0.39 is 58.0 Å². The van der Waals surface area contributed by atoms with E-state index >= 15 is 0 Å². The Morgan fingerprint density at radius 1 is 1.10 bits per heavy atom. The van der Waals surface area contributed by atoms with Crippen LogP contribution in [0.3, 0.4) is 0 Å². The van der Waals surface area contributed by atoms with Crippen LogP contribution in [-0.4, -0.2) is 68.5 Å². The quantitative estimate of drug-likeness (QED) is 0.313. The van der Waals surface area contributed by atoms with E-state index in [1.54, 1.807) is 31.5 Å². The molecular formula is C29H26N2O7S. The summed E-state index contributed by atoms with van der Waals surface area (Å²) in [5.74, 6) is -6.61. The Morgan fingerprint density at radius 2 is 1.82 bits per heavy atom. The number of aliphatic hydroxyl groups is 3. The van der Waals surface area contributed by atoms with Crippen LogP contribution in [0.5, 0.6) is 5.75 Å². The summed E-state index contributed by atoms with van der Waals surface area (Å²) in [6.45, 7) is 0. The van der Waals surface area contributed by atoms with Crippen molar-refractivity contribution in [2.24, 2.45) is 17.6 Å². The molecule has 3 aliphatic rings. The summed E-state index contributed by atoms with van der Waals surface area (Å²) in [6, 6.07) is 12.0. The maximum absolute atomic E-state index is 13.9. The number of carbonyl (C=O) groups excluding carboxylic acids is 3. The molecule has 0 unspecified atom stereocenters. The molecule has 3 aromatic rings. The molecule has 1 fully saturated rings. The first kappa shape index (κ1) is 25.3. The van der Waals surface area contributed by atoms with E-state index in [9.17, 15) is 34.8 Å². The average Bonchev–Trinajstić information content (AvgIpc) is 3.30. The second kappa shape index (κ2) is 8.51. The molecule has 200 valence electrons. The Hall–Kier alpha value is -3.99. The number of aromatic hydroxyl groups is 1. The molecule has 6 rings (SSSR count). The molecule has 0 spiro atoms. The first-order valence-electron chi connectivity index (χ1n) is 12.4. The van der Waals surface area contributed by atoms with Crippen molar-refractivity contribution < 1.29 is 34.8 Å². The summed E-state index contributed by atoms with van der Waals surface area (Å²) in [6.07, 6.45) is 0.291. The van der Waals surface area contributed by atoms with Gasteiger partial charge in [-0.05, 0) is 73.6 Å². The minimum atomic E-state index is -2.65. The van der Waals surface area contributed by atoms with E-state index in [0.717, 1.165) is 20.5 Å². The number of nitrogens with zero attached hydrogens (tertiary/aromatic N) is 1. The Morgan fingerprint density at radius 3 is 2.49 bits per heavy atom. The second-order valence-corrected chi connectivity index (χ2v) is 11.7. The van der Waals surface area contributed by atoms with E-state index in [1.807, 2.05) is 30.3 Å². The Balaban J connectivity index is 1.56. The van der Waals surface area contributed by atoms with E-state index in [0.29, 0.717) is 5.56 Å². The number of benzene rings is 2. The minimum Gasteiger partial charge on any atom is -0.508 e. The van der Waals surface area contributed by atoms with Gasteiger partial charge in [-0.25, -0.2) is 0 Å². The van der Waals surface area contributed by atoms with Crippen LogP contribution in [0.25, 0.3) is 26.3 Å². The average molecular weight is 547 g/mol. The minimum absolute atomic E-state index is 0.0489.